The summed E-state index contributed by atoms with van der Waals surface area (Å²) in [7, 11) is 0. The third-order valence-corrected chi connectivity index (χ3v) is 2.63. The SMILES string of the molecule is CC(C)Oc1nc(Sc2ncn[nH]2)ccc1N. The van der Waals surface area contributed by atoms with E-state index in [9.17, 15) is 0 Å². The number of nitrogen functional groups attached to an aromatic ring is 1. The summed E-state index contributed by atoms with van der Waals surface area (Å²) >= 11 is 1.37. The molecule has 0 bridgehead atoms. The van der Waals surface area contributed by atoms with Gasteiger partial charge in [0.05, 0.1) is 11.8 Å². The molecule has 7 heteroatoms. The molecule has 0 aliphatic rings. The highest BCUT2D eigenvalue weighted by molar-refractivity contribution is 7.99. The number of anilines is 1. The van der Waals surface area contributed by atoms with Crippen molar-refractivity contribution in [3.63, 3.8) is 0 Å². The number of rotatable bonds is 4. The van der Waals surface area contributed by atoms with Crippen molar-refractivity contribution >= 4 is 17.4 Å². The lowest BCUT2D eigenvalue weighted by molar-refractivity contribution is 0.232. The molecule has 2 heterocycles. The highest BCUT2D eigenvalue weighted by atomic mass is 32.2. The number of pyridine rings is 1. The first kappa shape index (κ1) is 11.7. The lowest BCUT2D eigenvalue weighted by Gasteiger charge is -2.11. The molecule has 0 unspecified atom stereocenters. The molecule has 2 rings (SSSR count). The van der Waals surface area contributed by atoms with Gasteiger partial charge in [-0.1, -0.05) is 0 Å². The lowest BCUT2D eigenvalue weighted by Crippen LogP contribution is -2.09. The van der Waals surface area contributed by atoms with Crippen molar-refractivity contribution < 1.29 is 4.74 Å². The van der Waals surface area contributed by atoms with Crippen LogP contribution in [0.3, 0.4) is 0 Å². The van der Waals surface area contributed by atoms with Crippen LogP contribution in [0.5, 0.6) is 5.88 Å². The highest BCUT2D eigenvalue weighted by Crippen LogP contribution is 2.27. The fourth-order valence-electron chi connectivity index (χ4n) is 1.15. The maximum Gasteiger partial charge on any atom is 0.238 e. The Morgan fingerprint density at radius 1 is 1.41 bits per heavy atom. The standard InChI is InChI=1S/C10H13N5OS/c1-6(2)16-9-7(11)3-4-8(14-9)17-10-12-5-13-15-10/h3-6H,11H2,1-2H3,(H,12,13,15). The molecule has 0 spiro atoms. The Labute approximate surface area is 103 Å². The van der Waals surface area contributed by atoms with Gasteiger partial charge in [-0.25, -0.2) is 9.97 Å². The lowest BCUT2D eigenvalue weighted by atomic mass is 10.4. The van der Waals surface area contributed by atoms with Gasteiger partial charge in [0, 0.05) is 0 Å². The summed E-state index contributed by atoms with van der Waals surface area (Å²) < 4.78 is 5.51. The van der Waals surface area contributed by atoms with Gasteiger partial charge in [0.15, 0.2) is 5.16 Å². The minimum Gasteiger partial charge on any atom is -0.473 e. The number of hydrogen-bond donors (Lipinski definition) is 2. The van der Waals surface area contributed by atoms with Crippen molar-refractivity contribution in [1.29, 1.82) is 0 Å². The molecule has 0 aromatic carbocycles. The average molecular weight is 251 g/mol. The minimum atomic E-state index is 0.0373. The summed E-state index contributed by atoms with van der Waals surface area (Å²) in [6, 6.07) is 3.58. The van der Waals surface area contributed by atoms with Crippen LogP contribution in [0.4, 0.5) is 5.69 Å². The van der Waals surface area contributed by atoms with Gasteiger partial charge in [0.2, 0.25) is 5.88 Å². The molecule has 0 aliphatic carbocycles. The van der Waals surface area contributed by atoms with E-state index in [1.807, 2.05) is 19.9 Å². The average Bonchev–Trinajstić information content (AvgIpc) is 2.75. The van der Waals surface area contributed by atoms with Gasteiger partial charge in [0.1, 0.15) is 11.4 Å². The zero-order chi connectivity index (χ0) is 12.3. The number of aromatic amines is 1. The smallest absolute Gasteiger partial charge is 0.238 e. The second-order valence-electron chi connectivity index (χ2n) is 3.60. The van der Waals surface area contributed by atoms with E-state index in [0.29, 0.717) is 16.7 Å². The van der Waals surface area contributed by atoms with E-state index >= 15 is 0 Å². The summed E-state index contributed by atoms with van der Waals surface area (Å²) in [6.07, 6.45) is 1.49. The van der Waals surface area contributed by atoms with E-state index in [0.717, 1.165) is 5.03 Å². The molecular formula is C10H13N5OS. The van der Waals surface area contributed by atoms with Crippen LogP contribution in [-0.2, 0) is 0 Å². The predicted molar refractivity (Wildman–Crippen MR) is 64.9 cm³/mol. The summed E-state index contributed by atoms with van der Waals surface area (Å²) in [4.78, 5) is 8.32. The van der Waals surface area contributed by atoms with Crippen molar-refractivity contribution in [2.45, 2.75) is 30.1 Å². The van der Waals surface area contributed by atoms with E-state index < -0.39 is 0 Å². The number of ether oxygens (including phenoxy) is 1. The Balaban J connectivity index is 2.18. The Morgan fingerprint density at radius 2 is 2.24 bits per heavy atom. The molecule has 0 radical (unpaired) electrons. The fourth-order valence-corrected chi connectivity index (χ4v) is 1.81. The largest absolute Gasteiger partial charge is 0.473 e. The minimum absolute atomic E-state index is 0.0373. The van der Waals surface area contributed by atoms with Crippen molar-refractivity contribution in [1.82, 2.24) is 20.2 Å². The van der Waals surface area contributed by atoms with E-state index in [1.165, 1.54) is 18.1 Å². The summed E-state index contributed by atoms with van der Waals surface area (Å²) in [5, 5.41) is 7.95. The van der Waals surface area contributed by atoms with Crippen molar-refractivity contribution in [3.8, 4) is 5.88 Å². The number of H-pyrrole nitrogens is 1. The van der Waals surface area contributed by atoms with Crippen LogP contribution >= 0.6 is 11.8 Å². The van der Waals surface area contributed by atoms with Crippen LogP contribution in [0, 0.1) is 0 Å². The number of hydrogen-bond acceptors (Lipinski definition) is 6. The summed E-state index contributed by atoms with van der Waals surface area (Å²) in [5.74, 6) is 0.449. The Kier molecular flexibility index (Phi) is 3.48. The Hall–Kier alpha value is -1.76. The molecule has 0 amide bonds. The van der Waals surface area contributed by atoms with Gasteiger partial charge in [-0.05, 0) is 37.7 Å². The first-order valence-corrected chi connectivity index (χ1v) is 5.93. The van der Waals surface area contributed by atoms with Gasteiger partial charge in [0.25, 0.3) is 0 Å². The molecule has 0 aliphatic heterocycles. The predicted octanol–water partition coefficient (Wildman–Crippen LogP) is 1.72. The van der Waals surface area contributed by atoms with E-state index in [1.54, 1.807) is 6.07 Å². The van der Waals surface area contributed by atoms with Gasteiger partial charge in [-0.2, -0.15) is 5.10 Å². The number of nitrogens with zero attached hydrogens (tertiary/aromatic N) is 3. The third kappa shape index (κ3) is 3.10. The molecule has 90 valence electrons. The van der Waals surface area contributed by atoms with Crippen LogP contribution in [0.1, 0.15) is 13.8 Å². The normalized spacial score (nSPS) is 10.8. The van der Waals surface area contributed by atoms with Crippen LogP contribution in [0.25, 0.3) is 0 Å². The van der Waals surface area contributed by atoms with Gasteiger partial charge < -0.3 is 10.5 Å². The first-order chi connectivity index (χ1) is 8.15. The van der Waals surface area contributed by atoms with Gasteiger partial charge >= 0.3 is 0 Å². The molecule has 2 aromatic heterocycles. The zero-order valence-corrected chi connectivity index (χ0v) is 10.4. The molecular weight excluding hydrogens is 238 g/mol. The van der Waals surface area contributed by atoms with Crippen LogP contribution in [-0.4, -0.2) is 26.3 Å². The van der Waals surface area contributed by atoms with Crippen LogP contribution in [0.2, 0.25) is 0 Å². The second kappa shape index (κ2) is 5.05. The van der Waals surface area contributed by atoms with Crippen LogP contribution < -0.4 is 10.5 Å². The summed E-state index contributed by atoms with van der Waals surface area (Å²) in [6.45, 7) is 3.86. The van der Waals surface area contributed by atoms with Crippen molar-refractivity contribution in [3.05, 3.63) is 18.5 Å². The van der Waals surface area contributed by atoms with E-state index in [2.05, 4.69) is 20.2 Å². The molecule has 0 fully saturated rings. The monoisotopic (exact) mass is 251 g/mol. The molecule has 6 nitrogen and oxygen atoms in total. The van der Waals surface area contributed by atoms with Gasteiger partial charge in [-0.15, -0.1) is 0 Å². The van der Waals surface area contributed by atoms with Crippen molar-refractivity contribution in [2.24, 2.45) is 0 Å². The zero-order valence-electron chi connectivity index (χ0n) is 9.54. The van der Waals surface area contributed by atoms with E-state index in [4.69, 9.17) is 10.5 Å². The van der Waals surface area contributed by atoms with Crippen molar-refractivity contribution in [2.75, 3.05) is 5.73 Å². The maximum atomic E-state index is 5.78. The molecule has 17 heavy (non-hydrogen) atoms. The van der Waals surface area contributed by atoms with E-state index in [-0.39, 0.29) is 6.10 Å². The first-order valence-electron chi connectivity index (χ1n) is 5.11. The Morgan fingerprint density at radius 3 is 2.88 bits per heavy atom. The summed E-state index contributed by atoms with van der Waals surface area (Å²) in [5.41, 5.74) is 6.31. The fraction of sp³-hybridized carbons (Fsp3) is 0.300. The number of aromatic nitrogens is 4. The van der Waals surface area contributed by atoms with Crippen LogP contribution in [0.15, 0.2) is 28.6 Å². The second-order valence-corrected chi connectivity index (χ2v) is 4.61. The quantitative estimate of drug-likeness (QED) is 0.860. The molecule has 3 N–H and O–H groups in total. The third-order valence-electron chi connectivity index (χ3n) is 1.81. The maximum absolute atomic E-state index is 5.78. The number of nitrogens with two attached hydrogens (primary N) is 1. The Bertz CT molecular complexity index is 485. The number of nitrogens with one attached hydrogen (secondary N) is 1. The van der Waals surface area contributed by atoms with Gasteiger partial charge in [-0.3, -0.25) is 5.10 Å². The molecule has 0 saturated heterocycles. The highest BCUT2D eigenvalue weighted by Gasteiger charge is 2.08. The molecule has 0 saturated carbocycles. The molecule has 2 aromatic rings. The molecule has 0 atom stereocenters. The topological polar surface area (TPSA) is 89.7 Å².